The van der Waals surface area contributed by atoms with E-state index in [-0.39, 0.29) is 0 Å². The van der Waals surface area contributed by atoms with E-state index in [0.717, 1.165) is 20.3 Å². The SMILES string of the molecule is CCOc1ccc2nc(SCC#N)sc2c1. The maximum atomic E-state index is 8.50. The van der Waals surface area contributed by atoms with Crippen LogP contribution < -0.4 is 4.74 Å². The van der Waals surface area contributed by atoms with Crippen LogP contribution in [0.15, 0.2) is 22.5 Å². The molecule has 1 aromatic carbocycles. The van der Waals surface area contributed by atoms with Gasteiger partial charge >= 0.3 is 0 Å². The Labute approximate surface area is 102 Å². The number of rotatable bonds is 4. The van der Waals surface area contributed by atoms with Gasteiger partial charge in [-0.2, -0.15) is 5.26 Å². The van der Waals surface area contributed by atoms with Crippen LogP contribution in [-0.4, -0.2) is 17.3 Å². The first kappa shape index (κ1) is 11.2. The molecular weight excluding hydrogens is 240 g/mol. The number of nitrogens with zero attached hydrogens (tertiary/aromatic N) is 2. The molecule has 0 fully saturated rings. The molecule has 0 spiro atoms. The molecule has 0 bridgehead atoms. The van der Waals surface area contributed by atoms with Crippen molar-refractivity contribution in [1.29, 1.82) is 5.26 Å². The summed E-state index contributed by atoms with van der Waals surface area (Å²) in [4.78, 5) is 4.43. The third-order valence-electron chi connectivity index (χ3n) is 1.91. The molecule has 16 heavy (non-hydrogen) atoms. The first-order valence-corrected chi connectivity index (χ1v) is 6.67. The first-order chi connectivity index (χ1) is 7.83. The molecule has 5 heteroatoms. The van der Waals surface area contributed by atoms with E-state index < -0.39 is 0 Å². The summed E-state index contributed by atoms with van der Waals surface area (Å²) in [6.45, 7) is 2.63. The van der Waals surface area contributed by atoms with E-state index in [4.69, 9.17) is 10.00 Å². The molecule has 0 unspecified atom stereocenters. The lowest BCUT2D eigenvalue weighted by atomic mass is 10.3. The molecule has 2 rings (SSSR count). The lowest BCUT2D eigenvalue weighted by Crippen LogP contribution is -1.89. The van der Waals surface area contributed by atoms with Gasteiger partial charge in [-0.25, -0.2) is 4.98 Å². The minimum Gasteiger partial charge on any atom is -0.494 e. The third kappa shape index (κ3) is 2.46. The zero-order valence-electron chi connectivity index (χ0n) is 8.77. The highest BCUT2D eigenvalue weighted by atomic mass is 32.2. The molecule has 0 aliphatic heterocycles. The Morgan fingerprint density at radius 1 is 1.56 bits per heavy atom. The van der Waals surface area contributed by atoms with Crippen LogP contribution in [0.4, 0.5) is 0 Å². The standard InChI is InChI=1S/C11H10N2OS2/c1-2-14-8-3-4-9-10(7-8)16-11(13-9)15-6-5-12/h3-4,7H,2,6H2,1H3. The van der Waals surface area contributed by atoms with Gasteiger partial charge in [-0.05, 0) is 25.1 Å². The monoisotopic (exact) mass is 250 g/mol. The second kappa shape index (κ2) is 5.19. The predicted molar refractivity (Wildman–Crippen MR) is 67.1 cm³/mol. The number of thiazole rings is 1. The van der Waals surface area contributed by atoms with Crippen LogP contribution in [0.1, 0.15) is 6.92 Å². The highest BCUT2D eigenvalue weighted by Crippen LogP contribution is 2.31. The second-order valence-electron chi connectivity index (χ2n) is 2.99. The van der Waals surface area contributed by atoms with E-state index in [1.807, 2.05) is 25.1 Å². The summed E-state index contributed by atoms with van der Waals surface area (Å²) in [5.74, 6) is 1.31. The number of thioether (sulfide) groups is 1. The zero-order valence-corrected chi connectivity index (χ0v) is 10.4. The lowest BCUT2D eigenvalue weighted by Gasteiger charge is -2.00. The van der Waals surface area contributed by atoms with Crippen molar-refractivity contribution in [1.82, 2.24) is 4.98 Å². The van der Waals surface area contributed by atoms with E-state index in [9.17, 15) is 0 Å². The van der Waals surface area contributed by atoms with Gasteiger partial charge in [0.25, 0.3) is 0 Å². The van der Waals surface area contributed by atoms with Crippen molar-refractivity contribution < 1.29 is 4.74 Å². The number of hydrogen-bond donors (Lipinski definition) is 0. The summed E-state index contributed by atoms with van der Waals surface area (Å²) in [5.41, 5.74) is 0.967. The van der Waals surface area contributed by atoms with Crippen molar-refractivity contribution in [2.45, 2.75) is 11.3 Å². The Balaban J connectivity index is 2.27. The van der Waals surface area contributed by atoms with Gasteiger partial charge in [0.15, 0.2) is 4.34 Å². The van der Waals surface area contributed by atoms with Crippen molar-refractivity contribution in [3.05, 3.63) is 18.2 Å². The van der Waals surface area contributed by atoms with Crippen molar-refractivity contribution in [2.24, 2.45) is 0 Å². The van der Waals surface area contributed by atoms with Crippen LogP contribution in [0, 0.1) is 11.3 Å². The average Bonchev–Trinajstić information content (AvgIpc) is 2.68. The molecular formula is C11H10N2OS2. The molecule has 0 aliphatic carbocycles. The molecule has 0 aliphatic rings. The van der Waals surface area contributed by atoms with Crippen LogP contribution >= 0.6 is 23.1 Å². The maximum Gasteiger partial charge on any atom is 0.152 e. The number of nitriles is 1. The smallest absolute Gasteiger partial charge is 0.152 e. The molecule has 2 aromatic rings. The molecule has 82 valence electrons. The van der Waals surface area contributed by atoms with E-state index in [1.165, 1.54) is 11.8 Å². The van der Waals surface area contributed by atoms with Crippen LogP contribution in [0.2, 0.25) is 0 Å². The average molecular weight is 250 g/mol. The normalized spacial score (nSPS) is 10.2. The predicted octanol–water partition coefficient (Wildman–Crippen LogP) is 3.31. The fourth-order valence-corrected chi connectivity index (χ4v) is 3.05. The highest BCUT2D eigenvalue weighted by molar-refractivity contribution is 8.01. The second-order valence-corrected chi connectivity index (χ2v) is 5.24. The van der Waals surface area contributed by atoms with Crippen LogP contribution in [0.25, 0.3) is 10.2 Å². The summed E-state index contributed by atoms with van der Waals surface area (Å²) in [6, 6.07) is 7.96. The summed E-state index contributed by atoms with van der Waals surface area (Å²) in [6.07, 6.45) is 0. The zero-order chi connectivity index (χ0) is 11.4. The number of benzene rings is 1. The van der Waals surface area contributed by atoms with Gasteiger partial charge in [0.05, 0.1) is 28.6 Å². The van der Waals surface area contributed by atoms with Crippen molar-refractivity contribution in [2.75, 3.05) is 12.4 Å². The molecule has 0 N–H and O–H groups in total. The van der Waals surface area contributed by atoms with E-state index in [0.29, 0.717) is 12.4 Å². The Kier molecular flexibility index (Phi) is 3.65. The summed E-state index contributed by atoms with van der Waals surface area (Å²) >= 11 is 3.07. The molecule has 1 heterocycles. The number of hydrogen-bond acceptors (Lipinski definition) is 5. The first-order valence-electron chi connectivity index (χ1n) is 4.86. The maximum absolute atomic E-state index is 8.50. The number of fused-ring (bicyclic) bond motifs is 1. The third-order valence-corrected chi connectivity index (χ3v) is 3.94. The van der Waals surface area contributed by atoms with Crippen LogP contribution in [0.3, 0.4) is 0 Å². The van der Waals surface area contributed by atoms with Gasteiger partial charge in [0, 0.05) is 0 Å². The van der Waals surface area contributed by atoms with Crippen molar-refractivity contribution in [3.63, 3.8) is 0 Å². The Morgan fingerprint density at radius 2 is 2.44 bits per heavy atom. The Hall–Kier alpha value is -1.25. The molecule has 0 radical (unpaired) electrons. The topological polar surface area (TPSA) is 45.9 Å². The summed E-state index contributed by atoms with van der Waals surface area (Å²) in [7, 11) is 0. The van der Waals surface area contributed by atoms with E-state index >= 15 is 0 Å². The Morgan fingerprint density at radius 3 is 3.19 bits per heavy atom. The largest absolute Gasteiger partial charge is 0.494 e. The van der Waals surface area contributed by atoms with Gasteiger partial charge in [0.1, 0.15) is 5.75 Å². The van der Waals surface area contributed by atoms with Crippen LogP contribution in [-0.2, 0) is 0 Å². The summed E-state index contributed by atoms with van der Waals surface area (Å²) in [5, 5.41) is 8.50. The van der Waals surface area contributed by atoms with Gasteiger partial charge in [-0.3, -0.25) is 0 Å². The molecule has 0 atom stereocenters. The van der Waals surface area contributed by atoms with Gasteiger partial charge in [-0.1, -0.05) is 11.8 Å². The van der Waals surface area contributed by atoms with Gasteiger partial charge in [0.2, 0.25) is 0 Å². The van der Waals surface area contributed by atoms with Crippen LogP contribution in [0.5, 0.6) is 5.75 Å². The summed E-state index contributed by atoms with van der Waals surface area (Å²) < 4.78 is 7.46. The minimum atomic E-state index is 0.443. The fourth-order valence-electron chi connectivity index (χ4n) is 1.30. The van der Waals surface area contributed by atoms with Gasteiger partial charge < -0.3 is 4.74 Å². The molecule has 3 nitrogen and oxygen atoms in total. The fraction of sp³-hybridized carbons (Fsp3) is 0.273. The number of aromatic nitrogens is 1. The Bertz CT molecular complexity index is 530. The van der Waals surface area contributed by atoms with E-state index in [1.54, 1.807) is 11.3 Å². The quantitative estimate of drug-likeness (QED) is 0.781. The molecule has 1 aromatic heterocycles. The van der Waals surface area contributed by atoms with Gasteiger partial charge in [-0.15, -0.1) is 11.3 Å². The molecule has 0 saturated carbocycles. The molecule has 0 saturated heterocycles. The highest BCUT2D eigenvalue weighted by Gasteiger charge is 2.05. The van der Waals surface area contributed by atoms with Crippen molar-refractivity contribution in [3.8, 4) is 11.8 Å². The van der Waals surface area contributed by atoms with Crippen molar-refractivity contribution >= 4 is 33.3 Å². The molecule has 0 amide bonds. The lowest BCUT2D eigenvalue weighted by molar-refractivity contribution is 0.341. The number of ether oxygens (including phenoxy) is 1. The minimum absolute atomic E-state index is 0.443. The van der Waals surface area contributed by atoms with E-state index in [2.05, 4.69) is 11.1 Å².